The van der Waals surface area contributed by atoms with Crippen molar-refractivity contribution in [2.45, 2.75) is 106 Å². The summed E-state index contributed by atoms with van der Waals surface area (Å²) in [6.45, 7) is 16.3. The van der Waals surface area contributed by atoms with Gasteiger partial charge in [-0.15, -0.1) is 0 Å². The molecule has 46 heavy (non-hydrogen) atoms. The zero-order chi connectivity index (χ0) is 34.1. The van der Waals surface area contributed by atoms with Crippen LogP contribution in [0, 0.1) is 76.4 Å². The van der Waals surface area contributed by atoms with Gasteiger partial charge < -0.3 is 24.1 Å². The monoisotopic (exact) mass is 646 g/mol. The van der Waals surface area contributed by atoms with Crippen molar-refractivity contribution in [3.05, 3.63) is 0 Å². The third kappa shape index (κ3) is 6.48. The lowest BCUT2D eigenvalue weighted by Gasteiger charge is -2.48. The first-order chi connectivity index (χ1) is 21.2. The minimum Gasteiger partial charge on any atom is -0.463 e. The van der Waals surface area contributed by atoms with Gasteiger partial charge >= 0.3 is 29.8 Å². The van der Waals surface area contributed by atoms with Crippen molar-refractivity contribution >= 4 is 29.8 Å². The highest BCUT2D eigenvalue weighted by Crippen LogP contribution is 2.69. The Labute approximate surface area is 273 Å². The minimum absolute atomic E-state index is 0.0227. The average molecular weight is 647 g/mol. The number of rotatable bonds is 9. The first-order valence-electron chi connectivity index (χ1n) is 17.2. The fraction of sp³-hybridized carbons (Fsp3) is 0.861. The molecule has 10 nitrogen and oxygen atoms in total. The molecule has 258 valence electrons. The molecule has 5 fully saturated rings. The molecule has 4 saturated carbocycles. The van der Waals surface area contributed by atoms with E-state index in [0.717, 1.165) is 12.8 Å². The predicted octanol–water partition coefficient (Wildman–Crippen LogP) is 4.73. The Morgan fingerprint density at radius 3 is 1.87 bits per heavy atom. The summed E-state index contributed by atoms with van der Waals surface area (Å²) in [6, 6.07) is 0. The van der Waals surface area contributed by atoms with Gasteiger partial charge in [-0.25, -0.2) is 0 Å². The number of carbonyl (C=O) groups is 5. The zero-order valence-corrected chi connectivity index (χ0v) is 29.0. The van der Waals surface area contributed by atoms with Gasteiger partial charge in [0.25, 0.3) is 0 Å². The molecule has 5 aliphatic rings. The Morgan fingerprint density at radius 2 is 1.33 bits per heavy atom. The number of hydrogen-bond donors (Lipinski definition) is 1. The van der Waals surface area contributed by atoms with E-state index in [1.807, 2.05) is 55.4 Å². The maximum absolute atomic E-state index is 13.6. The third-order valence-electron chi connectivity index (χ3n) is 11.7. The van der Waals surface area contributed by atoms with Gasteiger partial charge in [0.2, 0.25) is 0 Å². The van der Waals surface area contributed by atoms with Crippen LogP contribution in [0.15, 0.2) is 0 Å². The fourth-order valence-electron chi connectivity index (χ4n) is 10.3. The van der Waals surface area contributed by atoms with Crippen molar-refractivity contribution in [1.29, 1.82) is 0 Å². The van der Waals surface area contributed by atoms with Crippen molar-refractivity contribution in [3.63, 3.8) is 0 Å². The van der Waals surface area contributed by atoms with E-state index in [-0.39, 0.29) is 90.3 Å². The number of cyclic esters (lactones) is 2. The van der Waals surface area contributed by atoms with Gasteiger partial charge in [0, 0.05) is 0 Å². The second kappa shape index (κ2) is 12.2. The van der Waals surface area contributed by atoms with E-state index < -0.39 is 40.4 Å². The topological polar surface area (TPSA) is 142 Å². The smallest absolute Gasteiger partial charge is 0.317 e. The van der Waals surface area contributed by atoms with Crippen LogP contribution in [0.1, 0.15) is 94.4 Å². The molecule has 1 N–H and O–H groups in total. The molecule has 0 aromatic carbocycles. The van der Waals surface area contributed by atoms with Crippen LogP contribution in [0.2, 0.25) is 0 Å². The first-order valence-corrected chi connectivity index (χ1v) is 17.2. The van der Waals surface area contributed by atoms with E-state index in [2.05, 4.69) is 0 Å². The van der Waals surface area contributed by atoms with Crippen LogP contribution in [-0.2, 0) is 42.9 Å². The summed E-state index contributed by atoms with van der Waals surface area (Å²) in [5.74, 6) is -3.88. The maximum atomic E-state index is 13.6. The van der Waals surface area contributed by atoms with Gasteiger partial charge in [0.05, 0.1) is 35.7 Å². The molecule has 1 aliphatic heterocycles. The normalized spacial score (nSPS) is 38.7. The Morgan fingerprint density at radius 1 is 0.761 bits per heavy atom. The summed E-state index contributed by atoms with van der Waals surface area (Å²) in [5.41, 5.74) is -2.17. The number of aliphatic hydroxyl groups is 1. The molecule has 0 spiro atoms. The van der Waals surface area contributed by atoms with Crippen LogP contribution < -0.4 is 0 Å². The molecule has 5 rings (SSSR count). The molecular weight excluding hydrogens is 592 g/mol. The van der Waals surface area contributed by atoms with Crippen molar-refractivity contribution in [1.82, 2.24) is 0 Å². The Bertz CT molecular complexity index is 1240. The minimum atomic E-state index is -0.868. The number of aliphatic hydroxyl groups excluding tert-OH is 1. The lowest BCUT2D eigenvalue weighted by molar-refractivity contribution is -0.168. The molecule has 4 bridgehead atoms. The average Bonchev–Trinajstić information content (AvgIpc) is 3.72. The number of hydrogen-bond acceptors (Lipinski definition) is 10. The molecule has 4 aliphatic carbocycles. The molecule has 0 aromatic rings. The highest BCUT2D eigenvalue weighted by molar-refractivity contribution is 5.96. The number of fused-ring (bicyclic) bond motifs is 4. The maximum Gasteiger partial charge on any atom is 0.317 e. The summed E-state index contributed by atoms with van der Waals surface area (Å²) < 4.78 is 22.4. The van der Waals surface area contributed by atoms with Gasteiger partial charge in [-0.1, -0.05) is 6.92 Å². The first kappa shape index (κ1) is 34.8. The molecule has 10 heteroatoms. The number of carbonyl (C=O) groups excluding carboxylic acids is 5. The number of ether oxygens (including phenoxy) is 4. The van der Waals surface area contributed by atoms with E-state index in [9.17, 15) is 29.1 Å². The molecule has 0 amide bonds. The van der Waals surface area contributed by atoms with E-state index in [4.69, 9.17) is 18.9 Å². The van der Waals surface area contributed by atoms with E-state index in [1.165, 1.54) is 0 Å². The summed E-state index contributed by atoms with van der Waals surface area (Å²) in [7, 11) is 0. The summed E-state index contributed by atoms with van der Waals surface area (Å²) in [4.78, 5) is 66.4. The molecule has 1 heterocycles. The second-order valence-electron chi connectivity index (χ2n) is 17.5. The Hall–Kier alpha value is -2.49. The molecule has 0 radical (unpaired) electrons. The molecule has 12 atom stereocenters. The highest BCUT2D eigenvalue weighted by atomic mass is 16.6. The quantitative estimate of drug-likeness (QED) is 0.212. The van der Waals surface area contributed by atoms with E-state index in [0.29, 0.717) is 19.3 Å². The SMILES string of the molecule is CC1C(=O)OC(=O)C1C1C2CC(C(=O)OC(C)(C)C)C(C2)C1C1C2CC(C(=O)OCCO)C(C2)C1CC(C)(C)C(=O)OC(C)(C)C. The number of esters is 5. The second-order valence-corrected chi connectivity index (χ2v) is 17.5. The van der Waals surface area contributed by atoms with E-state index >= 15 is 0 Å². The summed E-state index contributed by atoms with van der Waals surface area (Å²) in [6.07, 6.45) is 3.24. The largest absolute Gasteiger partial charge is 0.463 e. The molecule has 1 saturated heterocycles. The van der Waals surface area contributed by atoms with Crippen molar-refractivity contribution in [2.24, 2.45) is 76.4 Å². The van der Waals surface area contributed by atoms with Crippen LogP contribution in [0.3, 0.4) is 0 Å². The van der Waals surface area contributed by atoms with Gasteiger partial charge in [-0.2, -0.15) is 0 Å². The van der Waals surface area contributed by atoms with Gasteiger partial charge in [0.1, 0.15) is 17.8 Å². The molecular formula is C36H54O10. The molecule has 0 aromatic heterocycles. The van der Waals surface area contributed by atoms with Crippen molar-refractivity contribution in [3.8, 4) is 0 Å². The summed E-state index contributed by atoms with van der Waals surface area (Å²) in [5, 5.41) is 9.30. The predicted molar refractivity (Wildman–Crippen MR) is 165 cm³/mol. The third-order valence-corrected chi connectivity index (χ3v) is 11.7. The van der Waals surface area contributed by atoms with Crippen molar-refractivity contribution in [2.75, 3.05) is 13.2 Å². The van der Waals surface area contributed by atoms with Crippen LogP contribution >= 0.6 is 0 Å². The lowest BCUT2D eigenvalue weighted by Crippen LogP contribution is -2.48. The molecule has 12 unspecified atom stereocenters. The highest BCUT2D eigenvalue weighted by Gasteiger charge is 2.68. The Balaban J connectivity index is 1.54. The van der Waals surface area contributed by atoms with Gasteiger partial charge in [-0.05, 0) is 135 Å². The fourth-order valence-corrected chi connectivity index (χ4v) is 10.3. The van der Waals surface area contributed by atoms with Crippen LogP contribution in [-0.4, -0.2) is 59.4 Å². The van der Waals surface area contributed by atoms with E-state index in [1.54, 1.807) is 6.92 Å². The van der Waals surface area contributed by atoms with Crippen LogP contribution in [0.4, 0.5) is 0 Å². The van der Waals surface area contributed by atoms with Crippen LogP contribution in [0.25, 0.3) is 0 Å². The summed E-state index contributed by atoms with van der Waals surface area (Å²) >= 11 is 0. The van der Waals surface area contributed by atoms with Gasteiger partial charge in [-0.3, -0.25) is 24.0 Å². The zero-order valence-electron chi connectivity index (χ0n) is 29.0. The van der Waals surface area contributed by atoms with Crippen molar-refractivity contribution < 1.29 is 48.0 Å². The van der Waals surface area contributed by atoms with Gasteiger partial charge in [0.15, 0.2) is 0 Å². The lowest BCUT2D eigenvalue weighted by atomic mass is 9.55. The van der Waals surface area contributed by atoms with Crippen LogP contribution in [0.5, 0.6) is 0 Å². The standard InChI is InChI=1S/C36H54O10/c1-17-25(32(41)44-29(17)38)27-19-13-21(23(15-19)31(40)45-34(2,3)4)28(27)26-18-12-20(22(14-18)30(39)43-11-10-37)24(26)16-36(8,9)33(42)46-35(5,6)7/h17-28,37H,10-16H2,1-9H3. The Kier molecular flexibility index (Phi) is 9.23.